The van der Waals surface area contributed by atoms with Crippen LogP contribution in [0, 0.1) is 13.8 Å². The zero-order valence-corrected chi connectivity index (χ0v) is 16.4. The largest absolute Gasteiger partial charge is 0.316 e. The molecule has 3 aromatic heterocycles. The maximum atomic E-state index is 12.3. The minimum atomic E-state index is -0.128. The quantitative estimate of drug-likeness (QED) is 0.512. The standard InChI is InChI=1S/C19H17N5OS2/c1-11-6-7-20-15(8-11)22-18-21-13(10-26-18)9-16(25)23-19-24-17-12(2)4-3-5-14(17)27-19/h3-8,10H,9H2,1-2H3,(H,20,21,22)(H,23,24,25). The van der Waals surface area contributed by atoms with Crippen LogP contribution in [0.3, 0.4) is 0 Å². The molecule has 1 amide bonds. The Morgan fingerprint density at radius 3 is 2.85 bits per heavy atom. The van der Waals surface area contributed by atoms with E-state index in [0.29, 0.717) is 16.0 Å². The molecule has 136 valence electrons. The number of pyridine rings is 1. The SMILES string of the molecule is Cc1ccnc(Nc2nc(CC(=O)Nc3nc4c(C)cccc4s3)cs2)c1. The molecule has 0 radical (unpaired) electrons. The van der Waals surface area contributed by atoms with Crippen LogP contribution in [0.4, 0.5) is 16.1 Å². The molecule has 27 heavy (non-hydrogen) atoms. The third-order valence-corrected chi connectivity index (χ3v) is 5.65. The number of amides is 1. The van der Waals surface area contributed by atoms with Gasteiger partial charge in [-0.15, -0.1) is 11.3 Å². The number of anilines is 3. The minimum Gasteiger partial charge on any atom is -0.316 e. The first-order valence-corrected chi connectivity index (χ1v) is 10.1. The maximum absolute atomic E-state index is 12.3. The summed E-state index contributed by atoms with van der Waals surface area (Å²) in [4.78, 5) is 25.6. The molecule has 0 fully saturated rings. The number of fused-ring (bicyclic) bond motifs is 1. The van der Waals surface area contributed by atoms with Gasteiger partial charge in [-0.3, -0.25) is 4.79 Å². The van der Waals surface area contributed by atoms with E-state index in [1.54, 1.807) is 6.20 Å². The van der Waals surface area contributed by atoms with Crippen LogP contribution in [0.2, 0.25) is 0 Å². The molecule has 0 bridgehead atoms. The predicted octanol–water partition coefficient (Wildman–Crippen LogP) is 4.69. The van der Waals surface area contributed by atoms with E-state index in [9.17, 15) is 4.79 Å². The number of nitrogens with one attached hydrogen (secondary N) is 2. The molecule has 0 aliphatic carbocycles. The second-order valence-electron chi connectivity index (χ2n) is 6.15. The Morgan fingerprint density at radius 1 is 1.15 bits per heavy atom. The molecule has 3 heterocycles. The van der Waals surface area contributed by atoms with Gasteiger partial charge in [-0.05, 0) is 43.2 Å². The Bertz CT molecular complexity index is 1120. The highest BCUT2D eigenvalue weighted by Crippen LogP contribution is 2.28. The van der Waals surface area contributed by atoms with Crippen molar-refractivity contribution in [3.8, 4) is 0 Å². The topological polar surface area (TPSA) is 79.8 Å². The summed E-state index contributed by atoms with van der Waals surface area (Å²) in [5, 5.41) is 9.24. The first-order valence-electron chi connectivity index (χ1n) is 8.37. The Kier molecular flexibility index (Phi) is 4.83. The fourth-order valence-electron chi connectivity index (χ4n) is 2.63. The zero-order valence-electron chi connectivity index (χ0n) is 14.8. The van der Waals surface area contributed by atoms with E-state index in [-0.39, 0.29) is 12.3 Å². The summed E-state index contributed by atoms with van der Waals surface area (Å²) in [5.41, 5.74) is 3.87. The minimum absolute atomic E-state index is 0.128. The summed E-state index contributed by atoms with van der Waals surface area (Å²) in [6, 6.07) is 9.90. The Balaban J connectivity index is 1.40. The molecule has 2 N–H and O–H groups in total. The Morgan fingerprint density at radius 2 is 2.04 bits per heavy atom. The number of aromatic nitrogens is 3. The molecule has 0 saturated carbocycles. The van der Waals surface area contributed by atoms with E-state index in [1.807, 2.05) is 49.6 Å². The van der Waals surface area contributed by atoms with Crippen molar-refractivity contribution in [2.45, 2.75) is 20.3 Å². The van der Waals surface area contributed by atoms with Gasteiger partial charge in [-0.2, -0.15) is 0 Å². The summed E-state index contributed by atoms with van der Waals surface area (Å²) in [5.74, 6) is 0.613. The molecule has 4 aromatic rings. The molecule has 0 saturated heterocycles. The van der Waals surface area contributed by atoms with E-state index < -0.39 is 0 Å². The lowest BCUT2D eigenvalue weighted by Gasteiger charge is -2.02. The van der Waals surface area contributed by atoms with Gasteiger partial charge in [0.15, 0.2) is 10.3 Å². The molecular weight excluding hydrogens is 378 g/mol. The van der Waals surface area contributed by atoms with Gasteiger partial charge >= 0.3 is 0 Å². The van der Waals surface area contributed by atoms with Crippen LogP contribution in [-0.4, -0.2) is 20.9 Å². The molecule has 6 nitrogen and oxygen atoms in total. The summed E-state index contributed by atoms with van der Waals surface area (Å²) in [6.45, 7) is 4.02. The molecular formula is C19H17N5OS2. The van der Waals surface area contributed by atoms with E-state index in [2.05, 4.69) is 25.6 Å². The summed E-state index contributed by atoms with van der Waals surface area (Å²) < 4.78 is 1.07. The lowest BCUT2D eigenvalue weighted by Crippen LogP contribution is -2.14. The molecule has 0 atom stereocenters. The van der Waals surface area contributed by atoms with Crippen LogP contribution >= 0.6 is 22.7 Å². The molecule has 0 spiro atoms. The van der Waals surface area contributed by atoms with Crippen molar-refractivity contribution in [3.05, 3.63) is 58.7 Å². The van der Waals surface area contributed by atoms with E-state index in [4.69, 9.17) is 0 Å². The van der Waals surface area contributed by atoms with Crippen molar-refractivity contribution in [3.63, 3.8) is 0 Å². The molecule has 4 rings (SSSR count). The van der Waals surface area contributed by atoms with Crippen LogP contribution in [0.5, 0.6) is 0 Å². The van der Waals surface area contributed by atoms with E-state index in [1.165, 1.54) is 22.7 Å². The number of thiazole rings is 2. The first-order chi connectivity index (χ1) is 13.1. The van der Waals surface area contributed by atoms with Crippen molar-refractivity contribution < 1.29 is 4.79 Å². The van der Waals surface area contributed by atoms with E-state index >= 15 is 0 Å². The fourth-order valence-corrected chi connectivity index (χ4v) is 4.30. The fraction of sp³-hybridized carbons (Fsp3) is 0.158. The highest BCUT2D eigenvalue weighted by atomic mass is 32.1. The Labute approximate surface area is 164 Å². The third-order valence-electron chi connectivity index (χ3n) is 3.91. The number of rotatable bonds is 5. The number of nitrogens with zero attached hydrogens (tertiary/aromatic N) is 3. The zero-order chi connectivity index (χ0) is 18.8. The van der Waals surface area contributed by atoms with Crippen molar-refractivity contribution in [2.75, 3.05) is 10.6 Å². The lowest BCUT2D eigenvalue weighted by atomic mass is 10.2. The highest BCUT2D eigenvalue weighted by Gasteiger charge is 2.12. The van der Waals surface area contributed by atoms with Crippen LogP contribution in [0.1, 0.15) is 16.8 Å². The number of hydrogen-bond acceptors (Lipinski definition) is 7. The number of carbonyl (C=O) groups excluding carboxylic acids is 1. The Hall–Kier alpha value is -2.84. The second-order valence-corrected chi connectivity index (χ2v) is 8.04. The second kappa shape index (κ2) is 7.42. The summed E-state index contributed by atoms with van der Waals surface area (Å²) in [7, 11) is 0. The van der Waals surface area contributed by atoms with Crippen LogP contribution in [0.25, 0.3) is 10.2 Å². The average molecular weight is 396 g/mol. The number of hydrogen-bond donors (Lipinski definition) is 2. The van der Waals surface area contributed by atoms with Gasteiger partial charge in [-0.25, -0.2) is 15.0 Å². The molecule has 0 aliphatic rings. The number of benzene rings is 1. The van der Waals surface area contributed by atoms with E-state index in [0.717, 1.165) is 27.2 Å². The van der Waals surface area contributed by atoms with Crippen molar-refractivity contribution in [1.82, 2.24) is 15.0 Å². The van der Waals surface area contributed by atoms with Gasteiger partial charge in [0.05, 0.1) is 22.3 Å². The molecule has 0 aliphatic heterocycles. The number of aryl methyl sites for hydroxylation is 2. The van der Waals surface area contributed by atoms with Gasteiger partial charge in [0.25, 0.3) is 0 Å². The average Bonchev–Trinajstić information content (AvgIpc) is 3.22. The van der Waals surface area contributed by atoms with Gasteiger partial charge in [-0.1, -0.05) is 23.5 Å². The molecule has 8 heteroatoms. The van der Waals surface area contributed by atoms with Gasteiger partial charge in [0, 0.05) is 11.6 Å². The summed E-state index contributed by atoms with van der Waals surface area (Å²) >= 11 is 2.93. The normalized spacial score (nSPS) is 10.9. The van der Waals surface area contributed by atoms with Gasteiger partial charge in [0.2, 0.25) is 5.91 Å². The number of carbonyl (C=O) groups is 1. The maximum Gasteiger partial charge on any atom is 0.232 e. The predicted molar refractivity (Wildman–Crippen MR) is 111 cm³/mol. The van der Waals surface area contributed by atoms with Gasteiger partial charge in [0.1, 0.15) is 5.82 Å². The molecule has 0 unspecified atom stereocenters. The number of para-hydroxylation sites is 1. The van der Waals surface area contributed by atoms with Gasteiger partial charge < -0.3 is 10.6 Å². The smallest absolute Gasteiger partial charge is 0.232 e. The van der Waals surface area contributed by atoms with Crippen molar-refractivity contribution >= 4 is 54.9 Å². The first kappa shape index (κ1) is 17.6. The molecule has 1 aromatic carbocycles. The third kappa shape index (κ3) is 4.12. The van der Waals surface area contributed by atoms with Crippen molar-refractivity contribution in [1.29, 1.82) is 0 Å². The summed E-state index contributed by atoms with van der Waals surface area (Å²) in [6.07, 6.45) is 1.95. The van der Waals surface area contributed by atoms with Crippen LogP contribution in [0.15, 0.2) is 41.9 Å². The van der Waals surface area contributed by atoms with Crippen LogP contribution < -0.4 is 10.6 Å². The van der Waals surface area contributed by atoms with Crippen molar-refractivity contribution in [2.24, 2.45) is 0 Å². The lowest BCUT2D eigenvalue weighted by molar-refractivity contribution is -0.115. The highest BCUT2D eigenvalue weighted by molar-refractivity contribution is 7.22. The monoisotopic (exact) mass is 395 g/mol. The van der Waals surface area contributed by atoms with Crippen LogP contribution in [-0.2, 0) is 11.2 Å².